The van der Waals surface area contributed by atoms with Gasteiger partial charge in [0, 0.05) is 25.8 Å². The Morgan fingerprint density at radius 1 is 1.43 bits per heavy atom. The molecule has 2 rings (SSSR count). The number of nitrogens with zero attached hydrogens (tertiary/aromatic N) is 1. The van der Waals surface area contributed by atoms with Crippen molar-refractivity contribution in [3.05, 3.63) is 29.8 Å². The van der Waals surface area contributed by atoms with Crippen molar-refractivity contribution in [2.75, 3.05) is 46.5 Å². The van der Waals surface area contributed by atoms with Crippen LogP contribution in [0.4, 0.5) is 0 Å². The van der Waals surface area contributed by atoms with E-state index in [1.807, 2.05) is 24.3 Å². The van der Waals surface area contributed by atoms with Gasteiger partial charge in [-0.1, -0.05) is 17.9 Å². The van der Waals surface area contributed by atoms with Crippen LogP contribution in [0.25, 0.3) is 0 Å². The summed E-state index contributed by atoms with van der Waals surface area (Å²) in [5.41, 5.74) is 6.32. The van der Waals surface area contributed by atoms with E-state index in [4.69, 9.17) is 15.2 Å². The molecule has 1 unspecified atom stereocenters. The van der Waals surface area contributed by atoms with Crippen molar-refractivity contribution in [2.45, 2.75) is 6.42 Å². The average molecular weight is 288 g/mol. The Kier molecular flexibility index (Phi) is 6.55. The summed E-state index contributed by atoms with van der Waals surface area (Å²) < 4.78 is 11.0. The highest BCUT2D eigenvalue weighted by Crippen LogP contribution is 2.16. The van der Waals surface area contributed by atoms with Gasteiger partial charge in [0.2, 0.25) is 0 Å². The second kappa shape index (κ2) is 8.68. The molecule has 4 heteroatoms. The van der Waals surface area contributed by atoms with E-state index in [9.17, 15) is 0 Å². The Labute approximate surface area is 127 Å². The Bertz CT molecular complexity index is 493. The van der Waals surface area contributed by atoms with Crippen LogP contribution in [0.2, 0.25) is 0 Å². The molecule has 1 atom stereocenters. The Morgan fingerprint density at radius 3 is 3.14 bits per heavy atom. The largest absolute Gasteiger partial charge is 0.492 e. The van der Waals surface area contributed by atoms with Gasteiger partial charge in [-0.05, 0) is 37.1 Å². The molecule has 1 heterocycles. The molecule has 1 aromatic rings. The van der Waals surface area contributed by atoms with Gasteiger partial charge in [0.1, 0.15) is 12.4 Å². The van der Waals surface area contributed by atoms with E-state index in [0.29, 0.717) is 19.1 Å². The molecule has 1 aliphatic rings. The summed E-state index contributed by atoms with van der Waals surface area (Å²) in [6.45, 7) is 5.15. The van der Waals surface area contributed by atoms with E-state index in [1.165, 1.54) is 6.42 Å². The van der Waals surface area contributed by atoms with Crippen molar-refractivity contribution in [3.8, 4) is 17.6 Å². The molecule has 0 saturated carbocycles. The molecule has 0 radical (unpaired) electrons. The third kappa shape index (κ3) is 5.39. The maximum atomic E-state index is 5.81. The van der Waals surface area contributed by atoms with Gasteiger partial charge in [-0.2, -0.15) is 0 Å². The second-order valence-corrected chi connectivity index (χ2v) is 5.29. The van der Waals surface area contributed by atoms with Gasteiger partial charge in [-0.25, -0.2) is 0 Å². The highest BCUT2D eigenvalue weighted by atomic mass is 16.5. The molecule has 0 aliphatic carbocycles. The molecule has 0 spiro atoms. The molecule has 1 fully saturated rings. The lowest BCUT2D eigenvalue weighted by Gasteiger charge is -2.16. The Morgan fingerprint density at radius 2 is 2.33 bits per heavy atom. The van der Waals surface area contributed by atoms with Crippen molar-refractivity contribution in [2.24, 2.45) is 11.7 Å². The lowest BCUT2D eigenvalue weighted by atomic mass is 10.1. The number of ether oxygens (including phenoxy) is 2. The summed E-state index contributed by atoms with van der Waals surface area (Å²) in [5, 5.41) is 0. The number of hydrogen-bond acceptors (Lipinski definition) is 4. The molecular weight excluding hydrogens is 264 g/mol. The maximum Gasteiger partial charge on any atom is 0.120 e. The minimum Gasteiger partial charge on any atom is -0.492 e. The van der Waals surface area contributed by atoms with E-state index >= 15 is 0 Å². The summed E-state index contributed by atoms with van der Waals surface area (Å²) in [4.78, 5) is 2.43. The lowest BCUT2D eigenvalue weighted by molar-refractivity contribution is 0.150. The van der Waals surface area contributed by atoms with Gasteiger partial charge in [-0.15, -0.1) is 0 Å². The zero-order valence-electron chi connectivity index (χ0n) is 12.7. The van der Waals surface area contributed by atoms with Gasteiger partial charge in [-0.3, -0.25) is 4.90 Å². The van der Waals surface area contributed by atoms with Crippen molar-refractivity contribution < 1.29 is 9.47 Å². The fourth-order valence-electron chi connectivity index (χ4n) is 2.60. The zero-order valence-corrected chi connectivity index (χ0v) is 12.7. The number of hydrogen-bond donors (Lipinski definition) is 1. The van der Waals surface area contributed by atoms with Gasteiger partial charge in [0.15, 0.2) is 0 Å². The molecule has 114 valence electrons. The van der Waals surface area contributed by atoms with E-state index in [2.05, 4.69) is 16.7 Å². The van der Waals surface area contributed by atoms with Gasteiger partial charge < -0.3 is 15.2 Å². The predicted molar refractivity (Wildman–Crippen MR) is 84.3 cm³/mol. The molecule has 1 aliphatic heterocycles. The Balaban J connectivity index is 1.74. The van der Waals surface area contributed by atoms with Crippen molar-refractivity contribution in [1.82, 2.24) is 4.90 Å². The quantitative estimate of drug-likeness (QED) is 0.803. The molecule has 1 saturated heterocycles. The number of likely N-dealkylation sites (tertiary alicyclic amines) is 1. The number of nitrogens with two attached hydrogens (primary N) is 1. The maximum absolute atomic E-state index is 5.81. The normalized spacial score (nSPS) is 18.3. The van der Waals surface area contributed by atoms with E-state index in [-0.39, 0.29) is 0 Å². The topological polar surface area (TPSA) is 47.7 Å². The van der Waals surface area contributed by atoms with Crippen LogP contribution < -0.4 is 10.5 Å². The summed E-state index contributed by atoms with van der Waals surface area (Å²) in [5.74, 6) is 7.41. The molecule has 1 aromatic carbocycles. The first-order chi connectivity index (χ1) is 10.3. The molecule has 0 amide bonds. The lowest BCUT2D eigenvalue weighted by Crippen LogP contribution is -2.26. The SMILES string of the molecule is COCC1CCN(CCOc2cccc(C#CCN)c2)C1. The van der Waals surface area contributed by atoms with Crippen molar-refractivity contribution in [3.63, 3.8) is 0 Å². The van der Waals surface area contributed by atoms with E-state index in [0.717, 1.165) is 37.6 Å². The summed E-state index contributed by atoms with van der Waals surface area (Å²) in [6, 6.07) is 7.84. The summed E-state index contributed by atoms with van der Waals surface area (Å²) >= 11 is 0. The van der Waals surface area contributed by atoms with E-state index < -0.39 is 0 Å². The second-order valence-electron chi connectivity index (χ2n) is 5.29. The van der Waals surface area contributed by atoms with Gasteiger partial charge in [0.05, 0.1) is 13.2 Å². The van der Waals surface area contributed by atoms with Crippen molar-refractivity contribution in [1.29, 1.82) is 0 Å². The average Bonchev–Trinajstić information content (AvgIpc) is 2.94. The predicted octanol–water partition coefficient (Wildman–Crippen LogP) is 1.34. The van der Waals surface area contributed by atoms with Crippen LogP contribution >= 0.6 is 0 Å². The number of benzene rings is 1. The third-order valence-corrected chi connectivity index (χ3v) is 3.62. The van der Waals surface area contributed by atoms with Gasteiger partial charge in [0.25, 0.3) is 0 Å². The molecule has 21 heavy (non-hydrogen) atoms. The highest BCUT2D eigenvalue weighted by molar-refractivity contribution is 5.39. The van der Waals surface area contributed by atoms with Crippen LogP contribution in [0.5, 0.6) is 5.75 Å². The fourth-order valence-corrected chi connectivity index (χ4v) is 2.60. The first-order valence-corrected chi connectivity index (χ1v) is 7.45. The molecule has 2 N–H and O–H groups in total. The van der Waals surface area contributed by atoms with Gasteiger partial charge >= 0.3 is 0 Å². The van der Waals surface area contributed by atoms with Crippen LogP contribution in [0, 0.1) is 17.8 Å². The summed E-state index contributed by atoms with van der Waals surface area (Å²) in [6.07, 6.45) is 1.22. The van der Waals surface area contributed by atoms with Crippen LogP contribution in [0.3, 0.4) is 0 Å². The highest BCUT2D eigenvalue weighted by Gasteiger charge is 2.21. The minimum absolute atomic E-state index is 0.378. The number of rotatable bonds is 6. The fraction of sp³-hybridized carbons (Fsp3) is 0.529. The van der Waals surface area contributed by atoms with E-state index in [1.54, 1.807) is 7.11 Å². The zero-order chi connectivity index (χ0) is 14.9. The Hall–Kier alpha value is -1.54. The molecule has 0 bridgehead atoms. The molecular formula is C17H24N2O2. The standard InChI is InChI=1S/C17H24N2O2/c1-20-14-16-7-9-19(13-16)10-11-21-17-6-2-4-15(12-17)5-3-8-18/h2,4,6,12,16H,7-11,13-14,18H2,1H3. The molecule has 4 nitrogen and oxygen atoms in total. The first kappa shape index (κ1) is 15.8. The third-order valence-electron chi connectivity index (χ3n) is 3.62. The van der Waals surface area contributed by atoms with Crippen LogP contribution in [-0.2, 0) is 4.74 Å². The van der Waals surface area contributed by atoms with Crippen LogP contribution in [0.15, 0.2) is 24.3 Å². The first-order valence-electron chi connectivity index (χ1n) is 7.45. The number of methoxy groups -OCH3 is 1. The minimum atomic E-state index is 0.378. The molecule has 0 aromatic heterocycles. The van der Waals surface area contributed by atoms with Crippen molar-refractivity contribution >= 4 is 0 Å². The monoisotopic (exact) mass is 288 g/mol. The van der Waals surface area contributed by atoms with Crippen LogP contribution in [-0.4, -0.2) is 51.4 Å². The van der Waals surface area contributed by atoms with Crippen LogP contribution in [0.1, 0.15) is 12.0 Å². The smallest absolute Gasteiger partial charge is 0.120 e. The summed E-state index contributed by atoms with van der Waals surface area (Å²) in [7, 11) is 1.77.